The predicted octanol–water partition coefficient (Wildman–Crippen LogP) is 2.37. The summed E-state index contributed by atoms with van der Waals surface area (Å²) in [5.41, 5.74) is 8.59. The summed E-state index contributed by atoms with van der Waals surface area (Å²) in [6, 6.07) is 7.45. The summed E-state index contributed by atoms with van der Waals surface area (Å²) >= 11 is 1.36. The molecule has 1 aromatic carbocycles. The van der Waals surface area contributed by atoms with Gasteiger partial charge < -0.3 is 5.73 Å². The Morgan fingerprint density at radius 1 is 1.40 bits per heavy atom. The van der Waals surface area contributed by atoms with Crippen LogP contribution in [0.25, 0.3) is 11.3 Å². The van der Waals surface area contributed by atoms with E-state index in [0.29, 0.717) is 16.4 Å². The molecule has 0 radical (unpaired) electrons. The minimum absolute atomic E-state index is 0.243. The van der Waals surface area contributed by atoms with E-state index in [-0.39, 0.29) is 5.91 Å². The first kappa shape index (κ1) is 12.4. The third-order valence-corrected chi connectivity index (χ3v) is 3.43. The number of thiazole rings is 1. The molecule has 3 aromatic rings. The summed E-state index contributed by atoms with van der Waals surface area (Å²) in [5, 5.41) is 11.5. The molecular weight excluding hydrogens is 274 g/mol. The molecule has 0 bridgehead atoms. The lowest BCUT2D eigenvalue weighted by Crippen LogP contribution is -2.10. The largest absolute Gasteiger partial charge is 0.399 e. The second-order valence-corrected chi connectivity index (χ2v) is 4.96. The molecule has 0 aliphatic rings. The van der Waals surface area contributed by atoms with Gasteiger partial charge in [0.05, 0.1) is 17.5 Å². The van der Waals surface area contributed by atoms with Crippen LogP contribution >= 0.6 is 11.3 Å². The first-order chi connectivity index (χ1) is 9.72. The summed E-state index contributed by atoms with van der Waals surface area (Å²) in [5.74, 6) is -0.243. The summed E-state index contributed by atoms with van der Waals surface area (Å²) in [6.45, 7) is 0. The Morgan fingerprint density at radius 2 is 2.30 bits per heavy atom. The van der Waals surface area contributed by atoms with Gasteiger partial charge in [-0.3, -0.25) is 15.2 Å². The van der Waals surface area contributed by atoms with Gasteiger partial charge in [-0.2, -0.15) is 5.10 Å². The average Bonchev–Trinajstić information content (AvgIpc) is 3.10. The van der Waals surface area contributed by atoms with Gasteiger partial charge in [-0.05, 0) is 12.1 Å². The minimum Gasteiger partial charge on any atom is -0.399 e. The van der Waals surface area contributed by atoms with E-state index >= 15 is 0 Å². The Kier molecular flexibility index (Phi) is 3.18. The van der Waals surface area contributed by atoms with E-state index in [4.69, 9.17) is 5.73 Å². The van der Waals surface area contributed by atoms with Gasteiger partial charge in [0.1, 0.15) is 0 Å². The van der Waals surface area contributed by atoms with Crippen molar-refractivity contribution in [2.45, 2.75) is 0 Å². The molecule has 1 amide bonds. The van der Waals surface area contributed by atoms with Crippen molar-refractivity contribution in [2.24, 2.45) is 0 Å². The number of H-pyrrole nitrogens is 1. The van der Waals surface area contributed by atoms with Crippen molar-refractivity contribution in [1.82, 2.24) is 15.2 Å². The second kappa shape index (κ2) is 5.14. The Balaban J connectivity index is 1.79. The van der Waals surface area contributed by atoms with Crippen LogP contribution < -0.4 is 11.1 Å². The number of benzene rings is 1. The maximum Gasteiger partial charge on any atom is 0.260 e. The van der Waals surface area contributed by atoms with Crippen molar-refractivity contribution >= 4 is 28.1 Å². The lowest BCUT2D eigenvalue weighted by Gasteiger charge is -1.99. The standard InChI is InChI=1S/C13H11N5OS/c14-10-3-1-2-8(4-10)11-7-20-13(17-11)18-12(19)9-5-15-16-6-9/h1-7H,14H2,(H,15,16)(H,17,18,19). The van der Waals surface area contributed by atoms with E-state index in [1.54, 1.807) is 0 Å². The molecule has 100 valence electrons. The van der Waals surface area contributed by atoms with Gasteiger partial charge in [0.25, 0.3) is 5.91 Å². The molecule has 4 N–H and O–H groups in total. The molecule has 0 aliphatic carbocycles. The van der Waals surface area contributed by atoms with Crippen molar-refractivity contribution < 1.29 is 4.79 Å². The number of nitrogens with two attached hydrogens (primary N) is 1. The van der Waals surface area contributed by atoms with Crippen LogP contribution in [0.4, 0.5) is 10.8 Å². The number of carbonyl (C=O) groups is 1. The number of aromatic amines is 1. The molecule has 20 heavy (non-hydrogen) atoms. The molecular formula is C13H11N5OS. The Labute approximate surface area is 118 Å². The number of hydrogen-bond donors (Lipinski definition) is 3. The highest BCUT2D eigenvalue weighted by Gasteiger charge is 2.10. The lowest BCUT2D eigenvalue weighted by atomic mass is 10.1. The lowest BCUT2D eigenvalue weighted by molar-refractivity contribution is 0.102. The molecule has 2 aromatic heterocycles. The number of amides is 1. The zero-order valence-electron chi connectivity index (χ0n) is 10.3. The van der Waals surface area contributed by atoms with Crippen LogP contribution in [-0.2, 0) is 0 Å². The average molecular weight is 285 g/mol. The number of nitrogen functional groups attached to an aromatic ring is 1. The van der Waals surface area contributed by atoms with Gasteiger partial charge in [-0.1, -0.05) is 12.1 Å². The molecule has 0 atom stereocenters. The highest BCUT2D eigenvalue weighted by atomic mass is 32.1. The first-order valence-corrected chi connectivity index (χ1v) is 6.72. The monoisotopic (exact) mass is 285 g/mol. The Morgan fingerprint density at radius 3 is 3.05 bits per heavy atom. The van der Waals surface area contributed by atoms with Gasteiger partial charge in [-0.25, -0.2) is 4.98 Å². The number of carbonyl (C=O) groups excluding carboxylic acids is 1. The Hall–Kier alpha value is -2.67. The van der Waals surface area contributed by atoms with E-state index in [1.807, 2.05) is 29.6 Å². The highest BCUT2D eigenvalue weighted by Crippen LogP contribution is 2.26. The summed E-state index contributed by atoms with van der Waals surface area (Å²) < 4.78 is 0. The normalized spacial score (nSPS) is 10.4. The summed E-state index contributed by atoms with van der Waals surface area (Å²) in [4.78, 5) is 16.2. The van der Waals surface area contributed by atoms with E-state index < -0.39 is 0 Å². The van der Waals surface area contributed by atoms with E-state index in [1.165, 1.54) is 23.7 Å². The number of anilines is 2. The van der Waals surface area contributed by atoms with Crippen LogP contribution in [0.3, 0.4) is 0 Å². The number of aromatic nitrogens is 3. The number of nitrogens with zero attached hydrogens (tertiary/aromatic N) is 2. The number of hydrogen-bond acceptors (Lipinski definition) is 5. The fourth-order valence-corrected chi connectivity index (χ4v) is 2.42. The van der Waals surface area contributed by atoms with Crippen molar-refractivity contribution in [3.05, 3.63) is 47.6 Å². The van der Waals surface area contributed by atoms with E-state index in [2.05, 4.69) is 20.5 Å². The molecule has 7 heteroatoms. The molecule has 0 saturated carbocycles. The molecule has 0 aliphatic heterocycles. The van der Waals surface area contributed by atoms with Gasteiger partial charge in [-0.15, -0.1) is 11.3 Å². The molecule has 2 heterocycles. The van der Waals surface area contributed by atoms with Crippen LogP contribution in [0.5, 0.6) is 0 Å². The van der Waals surface area contributed by atoms with Crippen molar-refractivity contribution in [3.63, 3.8) is 0 Å². The van der Waals surface area contributed by atoms with Gasteiger partial charge >= 0.3 is 0 Å². The zero-order chi connectivity index (χ0) is 13.9. The smallest absolute Gasteiger partial charge is 0.260 e. The minimum atomic E-state index is -0.243. The van der Waals surface area contributed by atoms with Gasteiger partial charge in [0.15, 0.2) is 5.13 Å². The molecule has 0 saturated heterocycles. The van der Waals surface area contributed by atoms with Gasteiger partial charge in [0, 0.05) is 22.8 Å². The van der Waals surface area contributed by atoms with Crippen molar-refractivity contribution in [2.75, 3.05) is 11.1 Å². The maximum absolute atomic E-state index is 11.9. The van der Waals surface area contributed by atoms with E-state index in [9.17, 15) is 4.79 Å². The fraction of sp³-hybridized carbons (Fsp3) is 0. The quantitative estimate of drug-likeness (QED) is 0.643. The van der Waals surface area contributed by atoms with Crippen molar-refractivity contribution in [3.8, 4) is 11.3 Å². The van der Waals surface area contributed by atoms with Crippen LogP contribution in [0.1, 0.15) is 10.4 Å². The number of nitrogens with one attached hydrogen (secondary N) is 2. The second-order valence-electron chi connectivity index (χ2n) is 4.10. The maximum atomic E-state index is 11.9. The molecule has 0 unspecified atom stereocenters. The van der Waals surface area contributed by atoms with Crippen LogP contribution in [0, 0.1) is 0 Å². The van der Waals surface area contributed by atoms with E-state index in [0.717, 1.165) is 11.3 Å². The molecule has 0 spiro atoms. The van der Waals surface area contributed by atoms with Crippen LogP contribution in [0.15, 0.2) is 42.0 Å². The Bertz CT molecular complexity index is 735. The van der Waals surface area contributed by atoms with Crippen LogP contribution in [0.2, 0.25) is 0 Å². The number of rotatable bonds is 3. The van der Waals surface area contributed by atoms with Gasteiger partial charge in [0.2, 0.25) is 0 Å². The third kappa shape index (κ3) is 2.52. The molecule has 6 nitrogen and oxygen atoms in total. The first-order valence-electron chi connectivity index (χ1n) is 5.84. The predicted molar refractivity (Wildman–Crippen MR) is 78.5 cm³/mol. The topological polar surface area (TPSA) is 96.7 Å². The van der Waals surface area contributed by atoms with Crippen molar-refractivity contribution in [1.29, 1.82) is 0 Å². The summed E-state index contributed by atoms with van der Waals surface area (Å²) in [6.07, 6.45) is 2.99. The zero-order valence-corrected chi connectivity index (χ0v) is 11.1. The summed E-state index contributed by atoms with van der Waals surface area (Å²) in [7, 11) is 0. The highest BCUT2D eigenvalue weighted by molar-refractivity contribution is 7.14. The fourth-order valence-electron chi connectivity index (χ4n) is 1.71. The molecule has 3 rings (SSSR count). The molecule has 0 fully saturated rings. The SMILES string of the molecule is Nc1cccc(-c2csc(NC(=O)c3cn[nH]c3)n2)c1. The van der Waals surface area contributed by atoms with Crippen LogP contribution in [-0.4, -0.2) is 21.1 Å². The third-order valence-electron chi connectivity index (χ3n) is 2.67.